The number of anilines is 2. The lowest BCUT2D eigenvalue weighted by atomic mass is 9.96. The molecule has 3 heterocycles. The van der Waals surface area contributed by atoms with E-state index in [0.717, 1.165) is 37.4 Å². The van der Waals surface area contributed by atoms with E-state index in [1.807, 2.05) is 25.4 Å². The fourth-order valence-electron chi connectivity index (χ4n) is 3.83. The molecule has 1 aliphatic heterocycles. The maximum atomic E-state index is 5.82. The van der Waals surface area contributed by atoms with E-state index in [9.17, 15) is 0 Å². The van der Waals surface area contributed by atoms with Crippen LogP contribution in [0.5, 0.6) is 0 Å². The number of hydrogen-bond acceptors (Lipinski definition) is 6. The Morgan fingerprint density at radius 3 is 2.36 bits per heavy atom. The molecule has 144 valence electrons. The molecule has 3 N–H and O–H groups in total. The van der Waals surface area contributed by atoms with Gasteiger partial charge in [-0.25, -0.2) is 4.98 Å². The van der Waals surface area contributed by atoms with E-state index in [-0.39, 0.29) is 6.04 Å². The maximum Gasteiger partial charge on any atom is 0.222 e. The van der Waals surface area contributed by atoms with Crippen LogP contribution < -0.4 is 16.0 Å². The summed E-state index contributed by atoms with van der Waals surface area (Å²) in [5.74, 6) is 1.27. The van der Waals surface area contributed by atoms with Gasteiger partial charge in [-0.3, -0.25) is 4.98 Å². The Balaban J connectivity index is 1.46. The lowest BCUT2D eigenvalue weighted by Gasteiger charge is -2.35. The number of aryl methyl sites for hydroxylation is 1. The van der Waals surface area contributed by atoms with Crippen molar-refractivity contribution < 1.29 is 0 Å². The summed E-state index contributed by atoms with van der Waals surface area (Å²) in [4.78, 5) is 15.0. The molecule has 0 bridgehead atoms. The highest BCUT2D eigenvalue weighted by Crippen LogP contribution is 2.25. The molecule has 1 atom stereocenters. The van der Waals surface area contributed by atoms with Gasteiger partial charge in [0.25, 0.3) is 0 Å². The number of rotatable bonds is 5. The molecule has 1 aromatic carbocycles. The summed E-state index contributed by atoms with van der Waals surface area (Å²) in [5, 5.41) is 3.87. The fourth-order valence-corrected chi connectivity index (χ4v) is 3.83. The van der Waals surface area contributed by atoms with E-state index >= 15 is 0 Å². The summed E-state index contributed by atoms with van der Waals surface area (Å²) >= 11 is 0. The maximum absolute atomic E-state index is 5.82. The van der Waals surface area contributed by atoms with Gasteiger partial charge in [-0.1, -0.05) is 30.3 Å². The zero-order chi connectivity index (χ0) is 19.3. The molecule has 1 saturated heterocycles. The molecule has 4 rings (SSSR count). The zero-order valence-electron chi connectivity index (χ0n) is 16.1. The molecule has 6 heteroatoms. The minimum absolute atomic E-state index is 0.165. The molecule has 6 nitrogen and oxygen atoms in total. The highest BCUT2D eigenvalue weighted by atomic mass is 15.2. The first kappa shape index (κ1) is 18.4. The average molecular weight is 374 g/mol. The number of nitrogen functional groups attached to an aromatic ring is 1. The van der Waals surface area contributed by atoms with Crippen LogP contribution in [0.2, 0.25) is 0 Å². The lowest BCUT2D eigenvalue weighted by molar-refractivity contribution is 0.389. The summed E-state index contributed by atoms with van der Waals surface area (Å²) in [7, 11) is 0. The minimum Gasteiger partial charge on any atom is -0.368 e. The van der Waals surface area contributed by atoms with Crippen LogP contribution in [0.1, 0.15) is 35.7 Å². The van der Waals surface area contributed by atoms with Crippen molar-refractivity contribution in [2.75, 3.05) is 23.7 Å². The summed E-state index contributed by atoms with van der Waals surface area (Å²) in [6.45, 7) is 3.85. The molecule has 3 aromatic rings. The smallest absolute Gasteiger partial charge is 0.222 e. The van der Waals surface area contributed by atoms with E-state index in [1.54, 1.807) is 0 Å². The van der Waals surface area contributed by atoms with Gasteiger partial charge in [0.2, 0.25) is 5.95 Å². The minimum atomic E-state index is 0.165. The van der Waals surface area contributed by atoms with E-state index in [0.29, 0.717) is 12.0 Å². The number of hydrogen-bond donors (Lipinski definition) is 2. The molecule has 0 amide bonds. The molecule has 28 heavy (non-hydrogen) atoms. The van der Waals surface area contributed by atoms with Crippen molar-refractivity contribution >= 4 is 11.8 Å². The van der Waals surface area contributed by atoms with Gasteiger partial charge in [-0.2, -0.15) is 4.98 Å². The SMILES string of the molecule is Cc1cc(N2CCC(NC(c3ccccc3)c3ccncc3)CC2)nc(N)n1. The van der Waals surface area contributed by atoms with Gasteiger partial charge in [0.15, 0.2) is 0 Å². The number of nitrogens with zero attached hydrogens (tertiary/aromatic N) is 4. The van der Waals surface area contributed by atoms with Crippen LogP contribution in [0.15, 0.2) is 60.9 Å². The van der Waals surface area contributed by atoms with Gasteiger partial charge in [0, 0.05) is 43.3 Å². The number of piperidine rings is 1. The van der Waals surface area contributed by atoms with Crippen molar-refractivity contribution in [2.24, 2.45) is 0 Å². The van der Waals surface area contributed by atoms with Crippen molar-refractivity contribution in [3.63, 3.8) is 0 Å². The molecule has 0 spiro atoms. The first-order chi connectivity index (χ1) is 13.7. The van der Waals surface area contributed by atoms with Gasteiger partial charge >= 0.3 is 0 Å². The third kappa shape index (κ3) is 4.28. The van der Waals surface area contributed by atoms with Crippen LogP contribution in [0.3, 0.4) is 0 Å². The predicted molar refractivity (Wildman–Crippen MR) is 112 cm³/mol. The summed E-state index contributed by atoms with van der Waals surface area (Å²) in [5.41, 5.74) is 9.24. The Hall–Kier alpha value is -2.99. The molecular formula is C22H26N6. The first-order valence-electron chi connectivity index (χ1n) is 9.76. The van der Waals surface area contributed by atoms with Crippen molar-refractivity contribution in [2.45, 2.75) is 31.8 Å². The van der Waals surface area contributed by atoms with E-state index < -0.39 is 0 Å². The quantitative estimate of drug-likeness (QED) is 0.714. The molecule has 0 aliphatic carbocycles. The zero-order valence-corrected chi connectivity index (χ0v) is 16.1. The number of aromatic nitrogens is 3. The molecule has 1 unspecified atom stereocenters. The van der Waals surface area contributed by atoms with E-state index in [2.05, 4.69) is 67.6 Å². The van der Waals surface area contributed by atoms with E-state index in [4.69, 9.17) is 5.73 Å². The fraction of sp³-hybridized carbons (Fsp3) is 0.318. The number of benzene rings is 1. The standard InChI is InChI=1S/C22H26N6/c1-16-15-20(27-22(23)25-16)28-13-9-19(10-14-28)26-21(17-5-3-2-4-6-17)18-7-11-24-12-8-18/h2-8,11-12,15,19,21,26H,9-10,13-14H2,1H3,(H2,23,25,27). The molecule has 1 fully saturated rings. The first-order valence-corrected chi connectivity index (χ1v) is 9.76. The van der Waals surface area contributed by atoms with Crippen molar-refractivity contribution in [3.8, 4) is 0 Å². The summed E-state index contributed by atoms with van der Waals surface area (Å²) in [6, 6.07) is 17.4. The number of nitrogens with two attached hydrogens (primary N) is 1. The second-order valence-electron chi connectivity index (χ2n) is 7.28. The van der Waals surface area contributed by atoms with Gasteiger partial charge in [-0.05, 0) is 43.0 Å². The van der Waals surface area contributed by atoms with Crippen molar-refractivity contribution in [1.29, 1.82) is 0 Å². The van der Waals surface area contributed by atoms with Crippen LogP contribution in [0, 0.1) is 6.92 Å². The van der Waals surface area contributed by atoms with Gasteiger partial charge in [0.1, 0.15) is 5.82 Å². The summed E-state index contributed by atoms with van der Waals surface area (Å²) < 4.78 is 0. The monoisotopic (exact) mass is 374 g/mol. The third-order valence-electron chi connectivity index (χ3n) is 5.25. The molecule has 0 radical (unpaired) electrons. The lowest BCUT2D eigenvalue weighted by Crippen LogP contribution is -2.44. The predicted octanol–water partition coefficient (Wildman–Crippen LogP) is 3.11. The highest BCUT2D eigenvalue weighted by Gasteiger charge is 2.24. The second kappa shape index (κ2) is 8.35. The van der Waals surface area contributed by atoms with Crippen molar-refractivity contribution in [1.82, 2.24) is 20.3 Å². The Kier molecular flexibility index (Phi) is 5.48. The van der Waals surface area contributed by atoms with Crippen LogP contribution in [0.4, 0.5) is 11.8 Å². The normalized spacial score (nSPS) is 16.1. The van der Waals surface area contributed by atoms with Crippen LogP contribution in [0.25, 0.3) is 0 Å². The summed E-state index contributed by atoms with van der Waals surface area (Å²) in [6.07, 6.45) is 5.82. The van der Waals surface area contributed by atoms with Crippen LogP contribution in [-0.2, 0) is 0 Å². The van der Waals surface area contributed by atoms with Crippen LogP contribution in [-0.4, -0.2) is 34.1 Å². The number of pyridine rings is 1. The Morgan fingerprint density at radius 2 is 1.68 bits per heavy atom. The molecule has 2 aromatic heterocycles. The van der Waals surface area contributed by atoms with Crippen molar-refractivity contribution in [3.05, 3.63) is 77.7 Å². The average Bonchev–Trinajstić information content (AvgIpc) is 2.73. The largest absolute Gasteiger partial charge is 0.368 e. The second-order valence-corrected chi connectivity index (χ2v) is 7.28. The van der Waals surface area contributed by atoms with Gasteiger partial charge in [-0.15, -0.1) is 0 Å². The molecule has 0 saturated carbocycles. The van der Waals surface area contributed by atoms with Gasteiger partial charge in [0.05, 0.1) is 6.04 Å². The Labute approximate surface area is 165 Å². The van der Waals surface area contributed by atoms with Gasteiger partial charge < -0.3 is 16.0 Å². The Morgan fingerprint density at radius 1 is 1.00 bits per heavy atom. The van der Waals surface area contributed by atoms with Crippen LogP contribution >= 0.6 is 0 Å². The van der Waals surface area contributed by atoms with E-state index in [1.165, 1.54) is 11.1 Å². The molecule has 1 aliphatic rings. The molecular weight excluding hydrogens is 348 g/mol. The third-order valence-corrected chi connectivity index (χ3v) is 5.25. The number of nitrogens with one attached hydrogen (secondary N) is 1. The highest BCUT2D eigenvalue weighted by molar-refractivity contribution is 5.43. The Bertz CT molecular complexity index is 832. The topological polar surface area (TPSA) is 80.0 Å².